The fraction of sp³-hybridized carbons (Fsp3) is 0.929. The van der Waals surface area contributed by atoms with Gasteiger partial charge in [-0.05, 0) is 32.2 Å². The summed E-state index contributed by atoms with van der Waals surface area (Å²) in [4.78, 5) is 15.0. The lowest BCUT2D eigenvalue weighted by Gasteiger charge is -2.47. The zero-order valence-electron chi connectivity index (χ0n) is 14.2. The molecule has 1 amide bonds. The van der Waals surface area contributed by atoms with Gasteiger partial charge in [-0.1, -0.05) is 53.8 Å². The molecular formula is C14H23Cl3N4O3. The van der Waals surface area contributed by atoms with Crippen molar-refractivity contribution in [1.29, 1.82) is 0 Å². The number of azide groups is 1. The van der Waals surface area contributed by atoms with Gasteiger partial charge in [-0.3, -0.25) is 4.79 Å². The van der Waals surface area contributed by atoms with Crippen molar-refractivity contribution in [2.45, 2.75) is 74.9 Å². The SMILES string of the molecule is CC(C)O[C@@H]1C(NC(=O)C(Cl)(Cl)Cl)[C@H](C(C)C)OC(C)[C@@H]1N=[N+]=[N-]. The van der Waals surface area contributed by atoms with Crippen molar-refractivity contribution in [2.75, 3.05) is 0 Å². The summed E-state index contributed by atoms with van der Waals surface area (Å²) in [6, 6.07) is -1.24. The fourth-order valence-corrected chi connectivity index (χ4v) is 2.91. The smallest absolute Gasteiger partial charge is 0.272 e. The van der Waals surface area contributed by atoms with E-state index in [1.54, 1.807) is 6.92 Å². The number of halogens is 3. The number of alkyl halides is 3. The van der Waals surface area contributed by atoms with Gasteiger partial charge in [0.05, 0.1) is 36.5 Å². The molecule has 1 fully saturated rings. The Morgan fingerprint density at radius 1 is 1.33 bits per heavy atom. The minimum absolute atomic E-state index is 0.0541. The first-order valence-corrected chi connectivity index (χ1v) is 8.85. The molecule has 0 aromatic heterocycles. The van der Waals surface area contributed by atoms with Crippen molar-refractivity contribution in [2.24, 2.45) is 11.0 Å². The van der Waals surface area contributed by atoms with E-state index >= 15 is 0 Å². The molecule has 1 rings (SSSR count). The van der Waals surface area contributed by atoms with E-state index in [-0.39, 0.29) is 24.2 Å². The summed E-state index contributed by atoms with van der Waals surface area (Å²) in [5.74, 6) is -0.725. The van der Waals surface area contributed by atoms with Gasteiger partial charge >= 0.3 is 0 Å². The number of rotatable bonds is 5. The van der Waals surface area contributed by atoms with E-state index in [0.717, 1.165) is 0 Å². The maximum absolute atomic E-state index is 12.2. The summed E-state index contributed by atoms with van der Waals surface area (Å²) < 4.78 is 9.80. The number of nitrogens with one attached hydrogen (secondary N) is 1. The molecule has 5 atom stereocenters. The second-order valence-corrected chi connectivity index (χ2v) is 8.67. The highest BCUT2D eigenvalue weighted by atomic mass is 35.6. The van der Waals surface area contributed by atoms with E-state index in [1.807, 2.05) is 27.7 Å². The Morgan fingerprint density at radius 2 is 1.92 bits per heavy atom. The van der Waals surface area contributed by atoms with Crippen molar-refractivity contribution in [3.8, 4) is 0 Å². The summed E-state index contributed by atoms with van der Waals surface area (Å²) in [6.07, 6.45) is -1.52. The Balaban J connectivity index is 3.23. The van der Waals surface area contributed by atoms with Gasteiger partial charge in [0.25, 0.3) is 9.70 Å². The average molecular weight is 402 g/mol. The van der Waals surface area contributed by atoms with Crippen molar-refractivity contribution >= 4 is 40.7 Å². The highest BCUT2D eigenvalue weighted by molar-refractivity contribution is 6.76. The minimum atomic E-state index is -2.11. The van der Waals surface area contributed by atoms with Gasteiger partial charge in [-0.25, -0.2) is 0 Å². The lowest BCUT2D eigenvalue weighted by Crippen LogP contribution is -2.65. The van der Waals surface area contributed by atoms with E-state index in [0.29, 0.717) is 0 Å². The molecule has 2 unspecified atom stereocenters. The van der Waals surface area contributed by atoms with Gasteiger partial charge in [0.15, 0.2) is 0 Å². The molecule has 1 saturated heterocycles. The predicted octanol–water partition coefficient (Wildman–Crippen LogP) is 3.76. The van der Waals surface area contributed by atoms with Crippen LogP contribution in [0.5, 0.6) is 0 Å². The molecule has 1 aliphatic rings. The van der Waals surface area contributed by atoms with Crippen LogP contribution in [0.4, 0.5) is 0 Å². The third kappa shape index (κ3) is 5.55. The molecule has 0 radical (unpaired) electrons. The van der Waals surface area contributed by atoms with E-state index < -0.39 is 27.9 Å². The van der Waals surface area contributed by atoms with E-state index in [2.05, 4.69) is 15.3 Å². The van der Waals surface area contributed by atoms with Crippen LogP contribution in [0, 0.1) is 5.92 Å². The quantitative estimate of drug-likeness (QED) is 0.329. The number of nitrogens with zero attached hydrogens (tertiary/aromatic N) is 3. The van der Waals surface area contributed by atoms with Crippen molar-refractivity contribution in [3.63, 3.8) is 0 Å². The first-order valence-electron chi connectivity index (χ1n) is 7.71. The molecule has 0 aliphatic carbocycles. The number of carbonyl (C=O) groups excluding carboxylic acids is 1. The minimum Gasteiger partial charge on any atom is -0.373 e. The largest absolute Gasteiger partial charge is 0.373 e. The number of hydrogen-bond acceptors (Lipinski definition) is 4. The highest BCUT2D eigenvalue weighted by Gasteiger charge is 2.48. The summed E-state index contributed by atoms with van der Waals surface area (Å²) >= 11 is 17.0. The van der Waals surface area contributed by atoms with Gasteiger partial charge in [-0.2, -0.15) is 0 Å². The predicted molar refractivity (Wildman–Crippen MR) is 94.3 cm³/mol. The van der Waals surface area contributed by atoms with Crippen LogP contribution in [0.2, 0.25) is 0 Å². The first-order chi connectivity index (χ1) is 11.0. The summed E-state index contributed by atoms with van der Waals surface area (Å²) in [5, 5.41) is 6.48. The average Bonchev–Trinajstić information content (AvgIpc) is 2.43. The lowest BCUT2D eigenvalue weighted by atomic mass is 9.86. The van der Waals surface area contributed by atoms with Gasteiger partial charge in [0.2, 0.25) is 0 Å². The maximum atomic E-state index is 12.2. The molecule has 1 N–H and O–H groups in total. The molecule has 7 nitrogen and oxygen atoms in total. The summed E-state index contributed by atoms with van der Waals surface area (Å²) in [5.41, 5.74) is 8.86. The van der Waals surface area contributed by atoms with E-state index in [9.17, 15) is 4.79 Å². The van der Waals surface area contributed by atoms with Gasteiger partial charge in [-0.15, -0.1) is 0 Å². The van der Waals surface area contributed by atoms with Crippen molar-refractivity contribution in [1.82, 2.24) is 5.32 Å². The molecule has 1 heterocycles. The molecule has 0 aromatic carbocycles. The first kappa shape index (κ1) is 21.6. The molecule has 138 valence electrons. The molecule has 0 spiro atoms. The van der Waals surface area contributed by atoms with Crippen LogP contribution < -0.4 is 5.32 Å². The Kier molecular flexibility index (Phi) is 7.91. The maximum Gasteiger partial charge on any atom is 0.272 e. The van der Waals surface area contributed by atoms with E-state index in [1.165, 1.54) is 0 Å². The molecule has 0 bridgehead atoms. The Bertz CT molecular complexity index is 492. The van der Waals surface area contributed by atoms with Gasteiger partial charge in [0.1, 0.15) is 0 Å². The summed E-state index contributed by atoms with van der Waals surface area (Å²) in [7, 11) is 0. The molecule has 0 saturated carbocycles. The fourth-order valence-electron chi connectivity index (χ4n) is 2.75. The third-order valence-corrected chi connectivity index (χ3v) is 4.24. The topological polar surface area (TPSA) is 96.3 Å². The van der Waals surface area contributed by atoms with Gasteiger partial charge < -0.3 is 14.8 Å². The lowest BCUT2D eigenvalue weighted by molar-refractivity contribution is -0.168. The highest BCUT2D eigenvalue weighted by Crippen LogP contribution is 2.32. The molecule has 24 heavy (non-hydrogen) atoms. The van der Waals surface area contributed by atoms with Gasteiger partial charge in [0, 0.05) is 4.91 Å². The zero-order valence-corrected chi connectivity index (χ0v) is 16.5. The van der Waals surface area contributed by atoms with Crippen LogP contribution in [-0.4, -0.2) is 46.2 Å². The standard InChI is InChI=1S/C14H23Cl3N4O3/c1-6(2)11-10(19-13(22)14(15,16)17)12(23-7(3)4)9(20-21-18)8(5)24-11/h6-12H,1-5H3,(H,19,22)/t8?,9-,10?,11-,12-/m0/s1. The third-order valence-electron chi connectivity index (χ3n) is 3.72. The van der Waals surface area contributed by atoms with Crippen LogP contribution in [0.25, 0.3) is 10.4 Å². The van der Waals surface area contributed by atoms with Crippen LogP contribution in [0.3, 0.4) is 0 Å². The van der Waals surface area contributed by atoms with Crippen LogP contribution in [0.1, 0.15) is 34.6 Å². The number of hydrogen-bond donors (Lipinski definition) is 1. The monoisotopic (exact) mass is 400 g/mol. The second-order valence-electron chi connectivity index (χ2n) is 6.39. The molecular weight excluding hydrogens is 379 g/mol. The van der Waals surface area contributed by atoms with Crippen LogP contribution in [-0.2, 0) is 14.3 Å². The number of carbonyl (C=O) groups is 1. The molecule has 1 aliphatic heterocycles. The van der Waals surface area contributed by atoms with Crippen LogP contribution in [0.15, 0.2) is 5.11 Å². The van der Waals surface area contributed by atoms with Crippen LogP contribution >= 0.6 is 34.8 Å². The van der Waals surface area contributed by atoms with Crippen molar-refractivity contribution in [3.05, 3.63) is 10.4 Å². The Hall–Kier alpha value is -0.430. The van der Waals surface area contributed by atoms with Crippen molar-refractivity contribution < 1.29 is 14.3 Å². The Morgan fingerprint density at radius 3 is 2.33 bits per heavy atom. The van der Waals surface area contributed by atoms with E-state index in [4.69, 9.17) is 49.8 Å². The number of ether oxygens (including phenoxy) is 2. The molecule has 10 heteroatoms. The molecule has 0 aromatic rings. The zero-order chi connectivity index (χ0) is 18.7. The second kappa shape index (κ2) is 8.79. The number of amides is 1. The summed E-state index contributed by atoms with van der Waals surface area (Å²) in [6.45, 7) is 9.41. The Labute approximate surface area is 156 Å². The normalized spacial score (nSPS) is 31.0.